The molecular formula is C13H13NO2S. The Labute approximate surface area is 104 Å². The molecule has 0 saturated carbocycles. The Morgan fingerprint density at radius 3 is 2.47 bits per heavy atom. The highest BCUT2D eigenvalue weighted by Crippen LogP contribution is 2.23. The minimum Gasteiger partial charge on any atom is -0.427 e. The highest BCUT2D eigenvalue weighted by Gasteiger charge is 2.09. The molecule has 0 aliphatic carbocycles. The maximum absolute atomic E-state index is 10.8. The van der Waals surface area contributed by atoms with E-state index in [1.54, 1.807) is 23.5 Å². The average molecular weight is 247 g/mol. The minimum absolute atomic E-state index is 0.132. The lowest BCUT2D eigenvalue weighted by Gasteiger charge is -2.10. The van der Waals surface area contributed by atoms with Gasteiger partial charge in [-0.05, 0) is 40.1 Å². The van der Waals surface area contributed by atoms with E-state index in [0.29, 0.717) is 5.75 Å². The van der Waals surface area contributed by atoms with Crippen LogP contribution in [-0.4, -0.2) is 5.97 Å². The van der Waals surface area contributed by atoms with Crippen molar-refractivity contribution in [1.29, 1.82) is 0 Å². The van der Waals surface area contributed by atoms with E-state index in [1.807, 2.05) is 29.0 Å². The summed E-state index contributed by atoms with van der Waals surface area (Å²) >= 11 is 1.62. The van der Waals surface area contributed by atoms with Crippen molar-refractivity contribution in [2.24, 2.45) is 5.73 Å². The van der Waals surface area contributed by atoms with Gasteiger partial charge in [0.2, 0.25) is 0 Å². The van der Waals surface area contributed by atoms with Crippen LogP contribution in [0, 0.1) is 0 Å². The van der Waals surface area contributed by atoms with Crippen LogP contribution in [0.4, 0.5) is 0 Å². The second kappa shape index (κ2) is 5.12. The quantitative estimate of drug-likeness (QED) is 0.670. The molecule has 1 atom stereocenters. The number of rotatable bonds is 3. The Morgan fingerprint density at radius 2 is 1.94 bits per heavy atom. The van der Waals surface area contributed by atoms with E-state index in [0.717, 1.165) is 11.1 Å². The molecule has 0 spiro atoms. The maximum atomic E-state index is 10.8. The lowest BCUT2D eigenvalue weighted by Crippen LogP contribution is -2.10. The van der Waals surface area contributed by atoms with Gasteiger partial charge >= 0.3 is 5.97 Å². The zero-order chi connectivity index (χ0) is 12.3. The number of nitrogens with two attached hydrogens (primary N) is 1. The van der Waals surface area contributed by atoms with Crippen LogP contribution in [0.1, 0.15) is 24.1 Å². The van der Waals surface area contributed by atoms with E-state index < -0.39 is 0 Å². The first-order chi connectivity index (χ1) is 8.16. The monoisotopic (exact) mass is 247 g/mol. The molecule has 88 valence electrons. The summed E-state index contributed by atoms with van der Waals surface area (Å²) in [6, 6.07) is 9.13. The fraction of sp³-hybridized carbons (Fsp3) is 0.154. The third-order valence-electron chi connectivity index (χ3n) is 2.40. The molecule has 17 heavy (non-hydrogen) atoms. The van der Waals surface area contributed by atoms with Crippen LogP contribution >= 0.6 is 11.3 Å². The topological polar surface area (TPSA) is 52.3 Å². The molecule has 0 amide bonds. The van der Waals surface area contributed by atoms with Crippen molar-refractivity contribution in [3.05, 3.63) is 52.2 Å². The van der Waals surface area contributed by atoms with Crippen molar-refractivity contribution < 1.29 is 9.53 Å². The maximum Gasteiger partial charge on any atom is 0.308 e. The Morgan fingerprint density at radius 1 is 1.24 bits per heavy atom. The van der Waals surface area contributed by atoms with Gasteiger partial charge in [0.25, 0.3) is 0 Å². The summed E-state index contributed by atoms with van der Waals surface area (Å²) in [7, 11) is 0. The third-order valence-corrected chi connectivity index (χ3v) is 3.10. The molecular weight excluding hydrogens is 234 g/mol. The summed E-state index contributed by atoms with van der Waals surface area (Å²) in [6.07, 6.45) is 0. The van der Waals surface area contributed by atoms with Crippen LogP contribution in [0.2, 0.25) is 0 Å². The van der Waals surface area contributed by atoms with Crippen LogP contribution in [0.5, 0.6) is 5.75 Å². The van der Waals surface area contributed by atoms with Gasteiger partial charge in [-0.1, -0.05) is 12.1 Å². The zero-order valence-electron chi connectivity index (χ0n) is 9.42. The van der Waals surface area contributed by atoms with Gasteiger partial charge in [-0.15, -0.1) is 0 Å². The largest absolute Gasteiger partial charge is 0.427 e. The summed E-state index contributed by atoms with van der Waals surface area (Å²) in [4.78, 5) is 10.8. The molecule has 1 aromatic carbocycles. The number of thiophene rings is 1. The van der Waals surface area contributed by atoms with Gasteiger partial charge in [-0.25, -0.2) is 0 Å². The van der Waals surface area contributed by atoms with Crippen molar-refractivity contribution in [1.82, 2.24) is 0 Å². The van der Waals surface area contributed by atoms with Gasteiger partial charge in [0.15, 0.2) is 0 Å². The Kier molecular flexibility index (Phi) is 3.56. The second-order valence-electron chi connectivity index (χ2n) is 3.70. The van der Waals surface area contributed by atoms with E-state index in [1.165, 1.54) is 6.92 Å². The Balaban J connectivity index is 2.15. The number of carbonyl (C=O) groups excluding carboxylic acids is 1. The molecule has 1 heterocycles. The summed E-state index contributed by atoms with van der Waals surface area (Å²) in [6.45, 7) is 1.38. The number of carbonyl (C=O) groups is 1. The first-order valence-corrected chi connectivity index (χ1v) is 6.17. The van der Waals surface area contributed by atoms with Crippen LogP contribution in [0.25, 0.3) is 0 Å². The molecule has 0 saturated heterocycles. The standard InChI is InChI=1S/C13H13NO2S/c1-9(15)16-12-4-2-10(3-5-12)13(14)11-6-7-17-8-11/h2-8,13H,14H2,1H3/t13-/m1/s1. The first-order valence-electron chi connectivity index (χ1n) is 5.23. The fourth-order valence-corrected chi connectivity index (χ4v) is 2.25. The number of esters is 1. The van der Waals surface area contributed by atoms with Crippen molar-refractivity contribution >= 4 is 17.3 Å². The van der Waals surface area contributed by atoms with Crippen molar-refractivity contribution in [3.8, 4) is 5.75 Å². The second-order valence-corrected chi connectivity index (χ2v) is 4.48. The van der Waals surface area contributed by atoms with Crippen molar-refractivity contribution in [2.45, 2.75) is 13.0 Å². The lowest BCUT2D eigenvalue weighted by atomic mass is 10.0. The normalized spacial score (nSPS) is 12.1. The van der Waals surface area contributed by atoms with Gasteiger partial charge in [0.1, 0.15) is 5.75 Å². The van der Waals surface area contributed by atoms with Crippen molar-refractivity contribution in [2.75, 3.05) is 0 Å². The number of hydrogen-bond donors (Lipinski definition) is 1. The minimum atomic E-state index is -0.320. The van der Waals surface area contributed by atoms with Crippen LogP contribution < -0.4 is 10.5 Å². The molecule has 1 aromatic heterocycles. The molecule has 0 radical (unpaired) electrons. The van der Waals surface area contributed by atoms with E-state index >= 15 is 0 Å². The van der Waals surface area contributed by atoms with Crippen LogP contribution in [0.3, 0.4) is 0 Å². The molecule has 0 aliphatic rings. The highest BCUT2D eigenvalue weighted by atomic mass is 32.1. The molecule has 0 fully saturated rings. The first kappa shape index (κ1) is 11.8. The molecule has 0 unspecified atom stereocenters. The Hall–Kier alpha value is -1.65. The van der Waals surface area contributed by atoms with Crippen LogP contribution in [-0.2, 0) is 4.79 Å². The van der Waals surface area contributed by atoms with E-state index in [9.17, 15) is 4.79 Å². The van der Waals surface area contributed by atoms with Gasteiger partial charge in [0.05, 0.1) is 6.04 Å². The summed E-state index contributed by atoms with van der Waals surface area (Å²) in [5.74, 6) is 0.221. The SMILES string of the molecule is CC(=O)Oc1ccc([C@@H](N)c2ccsc2)cc1. The van der Waals surface area contributed by atoms with Crippen LogP contribution in [0.15, 0.2) is 41.1 Å². The predicted molar refractivity (Wildman–Crippen MR) is 68.1 cm³/mol. The van der Waals surface area contributed by atoms with E-state index in [4.69, 9.17) is 10.5 Å². The highest BCUT2D eigenvalue weighted by molar-refractivity contribution is 7.08. The summed E-state index contributed by atoms with van der Waals surface area (Å²) in [5.41, 5.74) is 8.20. The summed E-state index contributed by atoms with van der Waals surface area (Å²) < 4.78 is 4.96. The van der Waals surface area contributed by atoms with E-state index in [-0.39, 0.29) is 12.0 Å². The Bertz CT molecular complexity index is 491. The molecule has 2 aromatic rings. The number of hydrogen-bond acceptors (Lipinski definition) is 4. The van der Waals surface area contributed by atoms with Gasteiger partial charge < -0.3 is 10.5 Å². The van der Waals surface area contributed by atoms with E-state index in [2.05, 4.69) is 0 Å². The van der Waals surface area contributed by atoms with Crippen molar-refractivity contribution in [3.63, 3.8) is 0 Å². The van der Waals surface area contributed by atoms with Gasteiger partial charge in [-0.2, -0.15) is 11.3 Å². The molecule has 2 rings (SSSR count). The number of ether oxygens (including phenoxy) is 1. The number of benzene rings is 1. The zero-order valence-corrected chi connectivity index (χ0v) is 10.2. The molecule has 3 nitrogen and oxygen atoms in total. The molecule has 4 heteroatoms. The smallest absolute Gasteiger partial charge is 0.308 e. The third kappa shape index (κ3) is 2.93. The predicted octanol–water partition coefficient (Wildman–Crippen LogP) is 2.72. The van der Waals surface area contributed by atoms with Gasteiger partial charge in [-0.3, -0.25) is 4.79 Å². The molecule has 2 N–H and O–H groups in total. The average Bonchev–Trinajstić information content (AvgIpc) is 2.82. The van der Waals surface area contributed by atoms with Gasteiger partial charge in [0, 0.05) is 6.92 Å². The fourth-order valence-electron chi connectivity index (χ4n) is 1.55. The molecule has 0 bridgehead atoms. The summed E-state index contributed by atoms with van der Waals surface area (Å²) in [5, 5.41) is 4.03. The lowest BCUT2D eigenvalue weighted by molar-refractivity contribution is -0.131. The molecule has 0 aliphatic heterocycles.